The van der Waals surface area contributed by atoms with E-state index in [9.17, 15) is 48.8 Å². The van der Waals surface area contributed by atoms with Gasteiger partial charge in [0.2, 0.25) is 5.69 Å². The zero-order chi connectivity index (χ0) is 38.6. The van der Waals surface area contributed by atoms with Crippen LogP contribution in [0.5, 0.6) is 0 Å². The lowest BCUT2D eigenvalue weighted by Gasteiger charge is -2.27. The van der Waals surface area contributed by atoms with E-state index in [1.54, 1.807) is 18.2 Å². The van der Waals surface area contributed by atoms with Crippen LogP contribution in [0.4, 0.5) is 11.4 Å². The predicted octanol–water partition coefficient (Wildman–Crippen LogP) is 5.55. The number of allylic oxidation sites excluding steroid dienone is 6. The summed E-state index contributed by atoms with van der Waals surface area (Å²) >= 11 is 0. The maximum Gasteiger partial charge on any atom is 0.335 e. The number of benzene rings is 3. The third-order valence-electron chi connectivity index (χ3n) is 9.68. The van der Waals surface area contributed by atoms with Crippen molar-refractivity contribution in [3.63, 3.8) is 0 Å². The maximum atomic E-state index is 12.2. The quantitative estimate of drug-likeness (QED) is 0.0896. The summed E-state index contributed by atoms with van der Waals surface area (Å²) in [6.45, 7) is 10.6. The van der Waals surface area contributed by atoms with E-state index in [2.05, 4.69) is 0 Å². The molecule has 0 radical (unpaired) electrons. The normalized spacial score (nSPS) is 17.9. The number of hydrogen-bond acceptors (Lipinski definition) is 9. The fourth-order valence-electron chi connectivity index (χ4n) is 7.30. The number of carboxylic acid groups (broad SMARTS) is 1. The van der Waals surface area contributed by atoms with Crippen molar-refractivity contribution in [3.05, 3.63) is 95.2 Å². The Morgan fingerprint density at radius 3 is 2.17 bits per heavy atom. The Morgan fingerprint density at radius 2 is 1.58 bits per heavy atom. The van der Waals surface area contributed by atoms with Crippen molar-refractivity contribution in [2.75, 3.05) is 23.7 Å². The molecule has 3 aromatic rings. The number of carboxylic acids is 1. The molecular formula is C36H40N2O11S3. The van der Waals surface area contributed by atoms with Crippen molar-refractivity contribution in [3.8, 4) is 0 Å². The van der Waals surface area contributed by atoms with E-state index < -0.39 is 56.9 Å². The van der Waals surface area contributed by atoms with Gasteiger partial charge >= 0.3 is 5.97 Å². The predicted molar refractivity (Wildman–Crippen MR) is 196 cm³/mol. The first-order chi connectivity index (χ1) is 24.0. The van der Waals surface area contributed by atoms with Crippen molar-refractivity contribution < 1.29 is 53.4 Å². The highest BCUT2D eigenvalue weighted by molar-refractivity contribution is 7.86. The molecule has 0 aliphatic carbocycles. The van der Waals surface area contributed by atoms with Crippen molar-refractivity contribution in [1.29, 1.82) is 0 Å². The van der Waals surface area contributed by atoms with Gasteiger partial charge in [-0.2, -0.15) is 21.4 Å². The molecule has 278 valence electrons. The summed E-state index contributed by atoms with van der Waals surface area (Å²) in [7, 11) is -14.1. The van der Waals surface area contributed by atoms with Gasteiger partial charge in [0.1, 0.15) is 16.7 Å². The van der Waals surface area contributed by atoms with Crippen LogP contribution in [0.1, 0.15) is 68.9 Å². The van der Waals surface area contributed by atoms with Gasteiger partial charge in [-0.15, -0.1) is 0 Å². The topological polar surface area (TPSA) is 209 Å². The molecule has 0 saturated heterocycles. The van der Waals surface area contributed by atoms with E-state index in [1.807, 2.05) is 74.5 Å². The summed E-state index contributed by atoms with van der Waals surface area (Å²) in [6, 6.07) is 9.90. The van der Waals surface area contributed by atoms with Crippen LogP contribution >= 0.6 is 0 Å². The standard InChI is InChI=1S/C36H40N2O11S3/c1-6-37-29-17-15-25-26(21-24(51(44,45)46)22-30(25)52(47,48)49)33(29)36(4,5)32(37)13-9-7-8-12-31-35(2,3)27-20-23(34(39)40)14-16-28(27)38(31)18-10-11-19-50(41,42)43/h7-9,12-17,20-22H,6,10-11,18-19H2,1-5H3,(H3-,39,40,41,42,43,44,45,46,47,48,49). The minimum atomic E-state index is -5.11. The SMILES string of the molecule is CC[N+]1=C(/C=C/C=C/C=C2\N(CCCCS(=O)(=O)O)c3ccc(C(=O)O)cc3C2(C)C)C(C)(C)c2c1ccc1c(S(=O)(=O)[O-])cc(S(=O)(=O)O)cc21. The number of hydrogen-bond donors (Lipinski definition) is 3. The zero-order valence-corrected chi connectivity index (χ0v) is 31.6. The van der Waals surface area contributed by atoms with Gasteiger partial charge in [-0.1, -0.05) is 32.1 Å². The van der Waals surface area contributed by atoms with E-state index in [-0.39, 0.29) is 28.5 Å². The average Bonchev–Trinajstić information content (AvgIpc) is 3.38. The summed E-state index contributed by atoms with van der Waals surface area (Å²) in [5, 5.41) is 9.88. The fourth-order valence-corrected chi connectivity index (χ4v) is 9.19. The van der Waals surface area contributed by atoms with Crippen LogP contribution in [0.2, 0.25) is 0 Å². The van der Waals surface area contributed by atoms with Crippen LogP contribution < -0.4 is 4.90 Å². The highest BCUT2D eigenvalue weighted by Crippen LogP contribution is 2.49. The molecule has 0 saturated carbocycles. The third kappa shape index (κ3) is 7.36. The van der Waals surface area contributed by atoms with Crippen LogP contribution in [0, 0.1) is 0 Å². The van der Waals surface area contributed by atoms with E-state index in [4.69, 9.17) is 0 Å². The summed E-state index contributed by atoms with van der Waals surface area (Å²) in [6.07, 6.45) is 9.91. The van der Waals surface area contributed by atoms with Gasteiger partial charge in [-0.3, -0.25) is 9.11 Å². The summed E-state index contributed by atoms with van der Waals surface area (Å²) in [5.74, 6) is -1.43. The third-order valence-corrected chi connectivity index (χ3v) is 12.2. The Hall–Kier alpha value is -4.19. The van der Waals surface area contributed by atoms with Gasteiger partial charge in [-0.05, 0) is 87.0 Å². The lowest BCUT2D eigenvalue weighted by Crippen LogP contribution is -2.27. The van der Waals surface area contributed by atoms with Gasteiger partial charge in [0.15, 0.2) is 5.71 Å². The minimum absolute atomic E-state index is 0.0419. The monoisotopic (exact) mass is 772 g/mol. The number of fused-ring (bicyclic) bond motifs is 4. The second kappa shape index (κ2) is 13.7. The van der Waals surface area contributed by atoms with E-state index in [0.717, 1.165) is 22.7 Å². The van der Waals surface area contributed by atoms with E-state index in [1.165, 1.54) is 18.2 Å². The molecule has 16 heteroatoms. The largest absolute Gasteiger partial charge is 0.744 e. The lowest BCUT2D eigenvalue weighted by molar-refractivity contribution is -0.433. The molecule has 0 spiro atoms. The molecule has 5 rings (SSSR count). The summed E-state index contributed by atoms with van der Waals surface area (Å²) < 4.78 is 104. The molecule has 0 atom stereocenters. The zero-order valence-electron chi connectivity index (χ0n) is 29.2. The molecule has 2 aliphatic rings. The average molecular weight is 773 g/mol. The van der Waals surface area contributed by atoms with Crippen LogP contribution in [0.3, 0.4) is 0 Å². The highest BCUT2D eigenvalue weighted by atomic mass is 32.2. The van der Waals surface area contributed by atoms with Crippen molar-refractivity contribution in [2.24, 2.45) is 0 Å². The minimum Gasteiger partial charge on any atom is -0.744 e. The maximum absolute atomic E-state index is 12.2. The van der Waals surface area contributed by atoms with Crippen molar-refractivity contribution in [2.45, 2.75) is 68.1 Å². The number of anilines is 1. The molecule has 0 unspecified atom stereocenters. The summed E-state index contributed by atoms with van der Waals surface area (Å²) in [4.78, 5) is 12.3. The Kier molecular flexibility index (Phi) is 10.3. The Bertz CT molecular complexity index is 2460. The molecule has 52 heavy (non-hydrogen) atoms. The first kappa shape index (κ1) is 39.0. The van der Waals surface area contributed by atoms with Gasteiger partial charge < -0.3 is 14.6 Å². The smallest absolute Gasteiger partial charge is 0.335 e. The molecule has 2 heterocycles. The van der Waals surface area contributed by atoms with E-state index in [0.29, 0.717) is 36.8 Å². The summed E-state index contributed by atoms with van der Waals surface area (Å²) in [5.41, 5.74) is 3.24. The first-order valence-corrected chi connectivity index (χ1v) is 20.8. The molecule has 13 nitrogen and oxygen atoms in total. The van der Waals surface area contributed by atoms with Gasteiger partial charge in [0.25, 0.3) is 20.2 Å². The fraction of sp³-hybridized carbons (Fsp3) is 0.333. The van der Waals surface area contributed by atoms with Crippen molar-refractivity contribution in [1.82, 2.24) is 0 Å². The Morgan fingerprint density at radius 1 is 0.885 bits per heavy atom. The second-order valence-corrected chi connectivity index (χ2v) is 18.1. The highest BCUT2D eigenvalue weighted by Gasteiger charge is 2.45. The van der Waals surface area contributed by atoms with Crippen LogP contribution in [-0.4, -0.2) is 79.1 Å². The van der Waals surface area contributed by atoms with E-state index >= 15 is 0 Å². The molecule has 0 aromatic heterocycles. The first-order valence-electron chi connectivity index (χ1n) is 16.4. The van der Waals surface area contributed by atoms with Gasteiger partial charge in [0.05, 0.1) is 26.5 Å². The molecule has 3 N–H and O–H groups in total. The van der Waals surface area contributed by atoms with Crippen LogP contribution in [-0.2, 0) is 41.2 Å². The molecule has 3 aromatic carbocycles. The molecule has 0 bridgehead atoms. The number of unbranched alkanes of at least 4 members (excludes halogenated alkanes) is 1. The lowest BCUT2D eigenvalue weighted by atomic mass is 9.79. The number of rotatable bonds is 12. The number of carbonyl (C=O) groups is 1. The van der Waals surface area contributed by atoms with Gasteiger partial charge in [-0.25, -0.2) is 13.2 Å². The number of nitrogens with zero attached hydrogens (tertiary/aromatic N) is 2. The molecule has 0 amide bonds. The van der Waals surface area contributed by atoms with Crippen molar-refractivity contribution >= 4 is 64.2 Å². The van der Waals surface area contributed by atoms with Gasteiger partial charge in [0, 0.05) is 46.4 Å². The molecule has 0 fully saturated rings. The molecular weight excluding hydrogens is 733 g/mol. The van der Waals surface area contributed by atoms with Crippen LogP contribution in [0.15, 0.2) is 88.3 Å². The molecule has 2 aliphatic heterocycles. The number of aromatic carboxylic acids is 1. The van der Waals surface area contributed by atoms with Crippen LogP contribution in [0.25, 0.3) is 10.8 Å². The Balaban J connectivity index is 1.52. The second-order valence-electron chi connectivity index (χ2n) is 13.8. The Labute approximate surface area is 303 Å².